The maximum atomic E-state index is 2.39. The zero-order valence-corrected chi connectivity index (χ0v) is 11.4. The first kappa shape index (κ1) is 11.0. The molecule has 0 amide bonds. The van der Waals surface area contributed by atoms with Crippen LogP contribution in [0, 0.1) is 5.92 Å². The van der Waals surface area contributed by atoms with Gasteiger partial charge in [0.25, 0.3) is 0 Å². The van der Waals surface area contributed by atoms with Crippen molar-refractivity contribution in [2.75, 3.05) is 0 Å². The van der Waals surface area contributed by atoms with Gasteiger partial charge in [0.2, 0.25) is 0 Å². The SMILES string of the molecule is CC1(C)c2ccc3ccccc3c2C2C=CC=CC21. The highest BCUT2D eigenvalue weighted by molar-refractivity contribution is 5.89. The van der Waals surface area contributed by atoms with Crippen molar-refractivity contribution in [3.63, 3.8) is 0 Å². The van der Waals surface area contributed by atoms with E-state index in [-0.39, 0.29) is 5.41 Å². The maximum Gasteiger partial charge on any atom is 0.0101 e. The second kappa shape index (κ2) is 3.60. The highest BCUT2D eigenvalue weighted by Gasteiger charge is 2.44. The van der Waals surface area contributed by atoms with E-state index in [1.807, 2.05) is 0 Å². The Kier molecular flexibility index (Phi) is 2.09. The van der Waals surface area contributed by atoms with Crippen LogP contribution in [0.1, 0.15) is 30.9 Å². The topological polar surface area (TPSA) is 0 Å². The summed E-state index contributed by atoms with van der Waals surface area (Å²) in [6.45, 7) is 4.77. The number of hydrogen-bond donors (Lipinski definition) is 0. The summed E-state index contributed by atoms with van der Waals surface area (Å²) in [5.74, 6) is 1.14. The van der Waals surface area contributed by atoms with Gasteiger partial charge in [-0.05, 0) is 33.2 Å². The Balaban J connectivity index is 2.10. The molecule has 2 aromatic rings. The van der Waals surface area contributed by atoms with Gasteiger partial charge >= 0.3 is 0 Å². The molecule has 0 saturated heterocycles. The Hall–Kier alpha value is -1.82. The number of rotatable bonds is 0. The summed E-state index contributed by atoms with van der Waals surface area (Å²) in [7, 11) is 0. The van der Waals surface area contributed by atoms with E-state index in [9.17, 15) is 0 Å². The lowest BCUT2D eigenvalue weighted by Crippen LogP contribution is -2.24. The predicted molar refractivity (Wildman–Crippen MR) is 81.5 cm³/mol. The van der Waals surface area contributed by atoms with E-state index in [2.05, 4.69) is 74.5 Å². The van der Waals surface area contributed by atoms with Crippen molar-refractivity contribution in [3.05, 3.63) is 71.8 Å². The van der Waals surface area contributed by atoms with Crippen LogP contribution in [-0.4, -0.2) is 0 Å². The Morgan fingerprint density at radius 3 is 2.58 bits per heavy atom. The molecule has 2 aromatic carbocycles. The minimum Gasteiger partial charge on any atom is -0.0796 e. The molecule has 0 spiro atoms. The van der Waals surface area contributed by atoms with E-state index >= 15 is 0 Å². The van der Waals surface area contributed by atoms with E-state index in [0.29, 0.717) is 11.8 Å². The Bertz CT molecular complexity index is 716. The molecule has 2 aliphatic rings. The molecule has 2 aliphatic carbocycles. The fourth-order valence-corrected chi connectivity index (χ4v) is 3.97. The summed E-state index contributed by atoms with van der Waals surface area (Å²) in [5, 5.41) is 2.79. The van der Waals surface area contributed by atoms with Gasteiger partial charge in [0, 0.05) is 5.92 Å². The van der Waals surface area contributed by atoms with Crippen LogP contribution in [0.4, 0.5) is 0 Å². The minimum atomic E-state index is 0.227. The lowest BCUT2D eigenvalue weighted by molar-refractivity contribution is 0.394. The van der Waals surface area contributed by atoms with Crippen LogP contribution in [0.2, 0.25) is 0 Å². The van der Waals surface area contributed by atoms with Crippen molar-refractivity contribution in [1.29, 1.82) is 0 Å². The number of fused-ring (bicyclic) bond motifs is 5. The van der Waals surface area contributed by atoms with E-state index in [1.54, 1.807) is 5.56 Å². The third-order valence-corrected chi connectivity index (χ3v) is 4.97. The summed E-state index contributed by atoms with van der Waals surface area (Å²) in [4.78, 5) is 0. The minimum absolute atomic E-state index is 0.227. The zero-order chi connectivity index (χ0) is 13.0. The van der Waals surface area contributed by atoms with Crippen LogP contribution < -0.4 is 0 Å². The van der Waals surface area contributed by atoms with Crippen LogP contribution in [0.15, 0.2) is 60.7 Å². The fourth-order valence-electron chi connectivity index (χ4n) is 3.97. The average molecular weight is 246 g/mol. The van der Waals surface area contributed by atoms with Crippen molar-refractivity contribution >= 4 is 10.8 Å². The van der Waals surface area contributed by atoms with E-state index in [4.69, 9.17) is 0 Å². The van der Waals surface area contributed by atoms with Crippen LogP contribution >= 0.6 is 0 Å². The normalized spacial score (nSPS) is 26.4. The van der Waals surface area contributed by atoms with E-state index in [1.165, 1.54) is 16.3 Å². The smallest absolute Gasteiger partial charge is 0.0101 e. The van der Waals surface area contributed by atoms with Gasteiger partial charge in [-0.25, -0.2) is 0 Å². The summed E-state index contributed by atoms with van der Waals surface area (Å²) in [6.07, 6.45) is 9.18. The van der Waals surface area contributed by atoms with Gasteiger partial charge in [-0.15, -0.1) is 0 Å². The Morgan fingerprint density at radius 1 is 0.895 bits per heavy atom. The first-order chi connectivity index (χ1) is 9.19. The van der Waals surface area contributed by atoms with Gasteiger partial charge in [-0.2, -0.15) is 0 Å². The second-order valence-electron chi connectivity index (χ2n) is 6.29. The first-order valence-electron chi connectivity index (χ1n) is 7.07. The largest absolute Gasteiger partial charge is 0.0796 e. The van der Waals surface area contributed by atoms with Gasteiger partial charge in [-0.1, -0.05) is 74.5 Å². The van der Waals surface area contributed by atoms with Gasteiger partial charge in [0.1, 0.15) is 0 Å². The molecular formula is C19H18. The van der Waals surface area contributed by atoms with Crippen molar-refractivity contribution < 1.29 is 0 Å². The highest BCUT2D eigenvalue weighted by Crippen LogP contribution is 2.54. The lowest BCUT2D eigenvalue weighted by atomic mass is 9.74. The van der Waals surface area contributed by atoms with E-state index in [0.717, 1.165) is 0 Å². The summed E-state index contributed by atoms with van der Waals surface area (Å²) in [6, 6.07) is 13.4. The maximum absolute atomic E-state index is 2.39. The molecule has 0 bridgehead atoms. The molecule has 0 N–H and O–H groups in total. The van der Waals surface area contributed by atoms with Crippen molar-refractivity contribution in [2.24, 2.45) is 5.92 Å². The molecule has 0 aromatic heterocycles. The van der Waals surface area contributed by atoms with Gasteiger partial charge < -0.3 is 0 Å². The van der Waals surface area contributed by atoms with Gasteiger partial charge in [0.05, 0.1) is 0 Å². The van der Waals surface area contributed by atoms with E-state index < -0.39 is 0 Å². The number of allylic oxidation sites excluding steroid dienone is 4. The molecule has 0 nitrogen and oxygen atoms in total. The summed E-state index contributed by atoms with van der Waals surface area (Å²) >= 11 is 0. The van der Waals surface area contributed by atoms with Crippen LogP contribution in [0.5, 0.6) is 0 Å². The van der Waals surface area contributed by atoms with Gasteiger partial charge in [-0.3, -0.25) is 0 Å². The number of hydrogen-bond acceptors (Lipinski definition) is 0. The third kappa shape index (κ3) is 1.35. The monoisotopic (exact) mass is 246 g/mol. The molecule has 94 valence electrons. The Morgan fingerprint density at radius 2 is 1.68 bits per heavy atom. The molecule has 0 fully saturated rings. The molecular weight excluding hydrogens is 228 g/mol. The Labute approximate surface area is 114 Å². The lowest BCUT2D eigenvalue weighted by Gasteiger charge is -2.29. The molecule has 0 aliphatic heterocycles. The summed E-state index contributed by atoms with van der Waals surface area (Å²) in [5.41, 5.74) is 3.30. The second-order valence-corrected chi connectivity index (χ2v) is 6.29. The third-order valence-electron chi connectivity index (χ3n) is 4.97. The standard InChI is InChI=1S/C19H18/c1-19(2)16-10-6-5-9-15(16)18-14-8-4-3-7-13(14)11-12-17(18)19/h3-12,15-16H,1-2H3. The molecule has 0 heteroatoms. The molecule has 0 saturated carbocycles. The zero-order valence-electron chi connectivity index (χ0n) is 11.4. The average Bonchev–Trinajstić information content (AvgIpc) is 2.68. The van der Waals surface area contributed by atoms with Crippen LogP contribution in [0.25, 0.3) is 10.8 Å². The van der Waals surface area contributed by atoms with Crippen LogP contribution in [0.3, 0.4) is 0 Å². The highest BCUT2D eigenvalue weighted by atomic mass is 14.5. The van der Waals surface area contributed by atoms with Gasteiger partial charge in [0.15, 0.2) is 0 Å². The molecule has 4 rings (SSSR count). The molecule has 2 unspecified atom stereocenters. The quantitative estimate of drug-likeness (QED) is 0.616. The van der Waals surface area contributed by atoms with Crippen LogP contribution in [-0.2, 0) is 5.41 Å². The predicted octanol–water partition coefficient (Wildman–Crippen LogP) is 4.96. The van der Waals surface area contributed by atoms with Crippen molar-refractivity contribution in [2.45, 2.75) is 25.2 Å². The fraction of sp³-hybridized carbons (Fsp3) is 0.263. The molecule has 2 atom stereocenters. The molecule has 0 heterocycles. The first-order valence-corrected chi connectivity index (χ1v) is 7.07. The summed E-state index contributed by atoms with van der Waals surface area (Å²) < 4.78 is 0. The van der Waals surface area contributed by atoms with Crippen molar-refractivity contribution in [1.82, 2.24) is 0 Å². The molecule has 0 radical (unpaired) electrons. The number of benzene rings is 2. The molecule has 19 heavy (non-hydrogen) atoms. The van der Waals surface area contributed by atoms with Crippen molar-refractivity contribution in [3.8, 4) is 0 Å².